The molecule has 2 heterocycles. The Balaban J connectivity index is 1.59. The van der Waals surface area contributed by atoms with E-state index < -0.39 is 6.17 Å². The molecule has 2 aromatic rings. The van der Waals surface area contributed by atoms with Crippen molar-refractivity contribution in [2.75, 3.05) is 13.1 Å². The van der Waals surface area contributed by atoms with E-state index in [1.165, 1.54) is 18.5 Å². The van der Waals surface area contributed by atoms with E-state index in [0.717, 1.165) is 18.4 Å². The molecule has 2 N–H and O–H groups in total. The summed E-state index contributed by atoms with van der Waals surface area (Å²) >= 11 is 0. The third-order valence-electron chi connectivity index (χ3n) is 5.54. The first-order valence-corrected chi connectivity index (χ1v) is 8.83. The first kappa shape index (κ1) is 16.6. The lowest BCUT2D eigenvalue weighted by molar-refractivity contribution is 0.0690. The van der Waals surface area contributed by atoms with Crippen LogP contribution in [0.15, 0.2) is 36.9 Å². The number of hydrogen-bond acceptors (Lipinski definition) is 4. The molecule has 0 bridgehead atoms. The van der Waals surface area contributed by atoms with Crippen molar-refractivity contribution < 1.29 is 8.78 Å². The van der Waals surface area contributed by atoms with Crippen LogP contribution in [0.2, 0.25) is 0 Å². The molecule has 5 atom stereocenters. The summed E-state index contributed by atoms with van der Waals surface area (Å²) < 4.78 is 29.2. The number of hydrogen-bond donors (Lipinski definition) is 1. The topological polar surface area (TPSA) is 60.0 Å². The molecule has 2 fully saturated rings. The van der Waals surface area contributed by atoms with Crippen LogP contribution in [0, 0.1) is 5.82 Å². The van der Waals surface area contributed by atoms with Crippen LogP contribution in [0.25, 0.3) is 0 Å². The van der Waals surface area contributed by atoms with E-state index in [-0.39, 0.29) is 29.9 Å². The van der Waals surface area contributed by atoms with Gasteiger partial charge in [-0.2, -0.15) is 5.10 Å². The van der Waals surface area contributed by atoms with Gasteiger partial charge in [-0.1, -0.05) is 12.1 Å². The van der Waals surface area contributed by atoms with E-state index in [9.17, 15) is 8.78 Å². The molecule has 3 unspecified atom stereocenters. The molecule has 134 valence electrons. The average Bonchev–Trinajstić information content (AvgIpc) is 3.24. The predicted molar refractivity (Wildman–Crippen MR) is 90.3 cm³/mol. The second-order valence-corrected chi connectivity index (χ2v) is 7.28. The van der Waals surface area contributed by atoms with Crippen LogP contribution in [0.5, 0.6) is 0 Å². The Labute approximate surface area is 145 Å². The smallest absolute Gasteiger partial charge is 0.137 e. The molecule has 0 spiro atoms. The van der Waals surface area contributed by atoms with Gasteiger partial charge in [-0.15, -0.1) is 0 Å². The summed E-state index contributed by atoms with van der Waals surface area (Å²) in [6.45, 7) is 1.12. The van der Waals surface area contributed by atoms with Gasteiger partial charge < -0.3 is 5.73 Å². The van der Waals surface area contributed by atoms with Crippen molar-refractivity contribution in [3.05, 3.63) is 48.3 Å². The maximum absolute atomic E-state index is 14.1. The highest BCUT2D eigenvalue weighted by Gasteiger charge is 2.42. The lowest BCUT2D eigenvalue weighted by Crippen LogP contribution is -2.53. The number of piperidine rings is 1. The molecular formula is C18H23F2N5. The minimum Gasteiger partial charge on any atom is -0.326 e. The van der Waals surface area contributed by atoms with Crippen molar-refractivity contribution >= 4 is 0 Å². The van der Waals surface area contributed by atoms with Crippen LogP contribution in [-0.4, -0.2) is 51.0 Å². The summed E-state index contributed by atoms with van der Waals surface area (Å²) in [5.41, 5.74) is 7.17. The Morgan fingerprint density at radius 3 is 2.48 bits per heavy atom. The summed E-state index contributed by atoms with van der Waals surface area (Å²) in [5.74, 6) is 0.0596. The van der Waals surface area contributed by atoms with Gasteiger partial charge in [0.15, 0.2) is 0 Å². The van der Waals surface area contributed by atoms with Gasteiger partial charge in [0.2, 0.25) is 0 Å². The fraction of sp³-hybridized carbons (Fsp3) is 0.556. The number of nitrogens with two attached hydrogens (primary N) is 1. The van der Waals surface area contributed by atoms with Crippen molar-refractivity contribution in [2.45, 2.75) is 49.5 Å². The van der Waals surface area contributed by atoms with E-state index in [4.69, 9.17) is 5.73 Å². The summed E-state index contributed by atoms with van der Waals surface area (Å²) in [4.78, 5) is 6.25. The van der Waals surface area contributed by atoms with E-state index in [2.05, 4.69) is 15.0 Å². The quantitative estimate of drug-likeness (QED) is 0.925. The predicted octanol–water partition coefficient (Wildman–Crippen LogP) is 2.28. The molecule has 2 aliphatic rings. The van der Waals surface area contributed by atoms with Gasteiger partial charge in [0.1, 0.15) is 24.6 Å². The highest BCUT2D eigenvalue weighted by Crippen LogP contribution is 2.43. The molecule has 1 saturated carbocycles. The van der Waals surface area contributed by atoms with Crippen LogP contribution in [-0.2, 0) is 0 Å². The normalized spacial score (nSPS) is 33.6. The molecule has 7 heteroatoms. The van der Waals surface area contributed by atoms with Gasteiger partial charge in [0.05, 0.1) is 6.04 Å². The standard InChI is InChI=1S/C18H23F2N5/c19-14-3-1-12(2-4-14)13-5-17(18(6-13)25-11-22-10-23-25)24-8-15(20)7-16(21)9-24/h1-4,10-11,13,15-18H,5-9,21H2/t13-,15?,16?,17+,18?/m0/s1. The van der Waals surface area contributed by atoms with E-state index >= 15 is 0 Å². The second kappa shape index (κ2) is 6.80. The number of benzene rings is 1. The fourth-order valence-corrected chi connectivity index (χ4v) is 4.44. The summed E-state index contributed by atoms with van der Waals surface area (Å²) in [6, 6.07) is 6.84. The second-order valence-electron chi connectivity index (χ2n) is 7.28. The highest BCUT2D eigenvalue weighted by atomic mass is 19.1. The molecule has 1 saturated heterocycles. The first-order valence-electron chi connectivity index (χ1n) is 8.83. The molecule has 25 heavy (non-hydrogen) atoms. The van der Waals surface area contributed by atoms with Crippen molar-refractivity contribution in [3.63, 3.8) is 0 Å². The molecular weight excluding hydrogens is 324 g/mol. The monoisotopic (exact) mass is 347 g/mol. The zero-order valence-corrected chi connectivity index (χ0v) is 14.0. The lowest BCUT2D eigenvalue weighted by Gasteiger charge is -2.39. The number of likely N-dealkylation sites (tertiary alicyclic amines) is 1. The summed E-state index contributed by atoms with van der Waals surface area (Å²) in [5, 5.41) is 4.32. The Kier molecular flexibility index (Phi) is 4.52. The maximum atomic E-state index is 14.1. The third kappa shape index (κ3) is 3.43. The van der Waals surface area contributed by atoms with Crippen molar-refractivity contribution in [3.8, 4) is 0 Å². The van der Waals surface area contributed by atoms with Crippen LogP contribution < -0.4 is 5.73 Å². The number of alkyl halides is 1. The van der Waals surface area contributed by atoms with Gasteiger partial charge in [-0.05, 0) is 42.9 Å². The molecule has 1 aromatic heterocycles. The number of aromatic nitrogens is 3. The van der Waals surface area contributed by atoms with Crippen LogP contribution in [0.4, 0.5) is 8.78 Å². The first-order chi connectivity index (χ1) is 12.1. The number of nitrogens with zero attached hydrogens (tertiary/aromatic N) is 4. The molecule has 0 amide bonds. The fourth-order valence-electron chi connectivity index (χ4n) is 4.44. The Bertz CT molecular complexity index is 680. The number of rotatable bonds is 3. The van der Waals surface area contributed by atoms with E-state index in [0.29, 0.717) is 19.5 Å². The average molecular weight is 347 g/mol. The molecule has 1 aliphatic heterocycles. The maximum Gasteiger partial charge on any atom is 0.137 e. The van der Waals surface area contributed by atoms with Crippen LogP contribution in [0.1, 0.15) is 36.8 Å². The van der Waals surface area contributed by atoms with E-state index in [1.54, 1.807) is 6.33 Å². The number of halogens is 2. The van der Waals surface area contributed by atoms with Gasteiger partial charge >= 0.3 is 0 Å². The lowest BCUT2D eigenvalue weighted by atomic mass is 9.96. The highest BCUT2D eigenvalue weighted by molar-refractivity contribution is 5.23. The van der Waals surface area contributed by atoms with Crippen molar-refractivity contribution in [1.82, 2.24) is 19.7 Å². The minimum atomic E-state index is -0.884. The van der Waals surface area contributed by atoms with Crippen LogP contribution in [0.3, 0.4) is 0 Å². The van der Waals surface area contributed by atoms with E-state index in [1.807, 2.05) is 16.8 Å². The third-order valence-corrected chi connectivity index (χ3v) is 5.54. The Morgan fingerprint density at radius 2 is 1.80 bits per heavy atom. The largest absolute Gasteiger partial charge is 0.326 e. The zero-order valence-electron chi connectivity index (χ0n) is 14.0. The van der Waals surface area contributed by atoms with Crippen LogP contribution >= 0.6 is 0 Å². The SMILES string of the molecule is NC1CC(F)CN([C@@H]2C[C@H](c3ccc(F)cc3)CC2n2cncn2)C1. The molecule has 0 radical (unpaired) electrons. The molecule has 1 aromatic carbocycles. The van der Waals surface area contributed by atoms with Gasteiger partial charge in [0, 0.05) is 25.2 Å². The summed E-state index contributed by atoms with van der Waals surface area (Å²) in [6.07, 6.45) is 4.56. The summed E-state index contributed by atoms with van der Waals surface area (Å²) in [7, 11) is 0. The molecule has 4 rings (SSSR count). The minimum absolute atomic E-state index is 0.120. The van der Waals surface area contributed by atoms with Gasteiger partial charge in [0.25, 0.3) is 0 Å². The Hall–Kier alpha value is -1.86. The van der Waals surface area contributed by atoms with Crippen molar-refractivity contribution in [1.29, 1.82) is 0 Å². The molecule has 5 nitrogen and oxygen atoms in total. The van der Waals surface area contributed by atoms with Gasteiger partial charge in [-0.3, -0.25) is 4.90 Å². The molecule has 1 aliphatic carbocycles. The zero-order chi connectivity index (χ0) is 17.4. The van der Waals surface area contributed by atoms with Crippen molar-refractivity contribution in [2.24, 2.45) is 5.73 Å². The Morgan fingerprint density at radius 1 is 1.04 bits per heavy atom. The van der Waals surface area contributed by atoms with Gasteiger partial charge in [-0.25, -0.2) is 18.4 Å².